The normalized spacial score (nSPS) is 15.3. The first kappa shape index (κ1) is 29.4. The molecule has 0 saturated heterocycles. The van der Waals surface area contributed by atoms with Gasteiger partial charge in [-0.05, 0) is 76.2 Å². The van der Waals surface area contributed by atoms with Gasteiger partial charge in [-0.1, -0.05) is 129 Å². The van der Waals surface area contributed by atoms with E-state index in [2.05, 4.69) is 157 Å². The van der Waals surface area contributed by atoms with Crippen LogP contribution in [0.5, 0.6) is 0 Å². The van der Waals surface area contributed by atoms with Gasteiger partial charge in [0, 0.05) is 27.9 Å². The molecule has 1 aromatic heterocycles. The first-order chi connectivity index (χ1) is 22.9. The molecule has 1 aliphatic rings. The summed E-state index contributed by atoms with van der Waals surface area (Å²) in [4.78, 5) is 0. The van der Waals surface area contributed by atoms with Gasteiger partial charge < -0.3 is 10.3 Å². The molecule has 0 spiro atoms. The molecule has 4 nitrogen and oxygen atoms in total. The van der Waals surface area contributed by atoms with Crippen LogP contribution in [-0.2, 0) is 5.41 Å². The molecule has 0 bridgehead atoms. The van der Waals surface area contributed by atoms with E-state index >= 15 is 0 Å². The van der Waals surface area contributed by atoms with E-state index in [4.69, 9.17) is 5.73 Å². The fraction of sp³-hybridized carbons (Fsp3) is 0.163. The molecule has 0 fully saturated rings. The Kier molecular flexibility index (Phi) is 7.30. The third kappa shape index (κ3) is 5.06. The maximum Gasteiger partial charge on any atom is 0.0854 e. The van der Waals surface area contributed by atoms with Crippen molar-refractivity contribution >= 4 is 21.8 Å². The third-order valence-electron chi connectivity index (χ3n) is 10.1. The summed E-state index contributed by atoms with van der Waals surface area (Å²) in [5, 5.41) is 10.00. The molecule has 1 heterocycles. The predicted molar refractivity (Wildman–Crippen MR) is 196 cm³/mol. The number of aromatic nitrogens is 1. The summed E-state index contributed by atoms with van der Waals surface area (Å²) < 4.78 is 2.43. The quantitative estimate of drug-likeness (QED) is 0.150. The number of para-hydroxylation sites is 1. The van der Waals surface area contributed by atoms with Crippen LogP contribution in [0.15, 0.2) is 146 Å². The van der Waals surface area contributed by atoms with Crippen LogP contribution in [0.25, 0.3) is 38.6 Å². The lowest BCUT2D eigenvalue weighted by atomic mass is 9.82. The molecule has 4 N–H and O–H groups in total. The molecule has 47 heavy (non-hydrogen) atoms. The lowest BCUT2D eigenvalue weighted by Crippen LogP contribution is -2.40. The minimum atomic E-state index is -0.307. The number of nitrogens with one attached hydrogen (secondary N) is 2. The molecule has 0 amide bonds. The smallest absolute Gasteiger partial charge is 0.0854 e. The molecule has 4 heteroatoms. The van der Waals surface area contributed by atoms with Crippen LogP contribution in [0, 0.1) is 0 Å². The second-order valence-corrected chi connectivity index (χ2v) is 13.3. The van der Waals surface area contributed by atoms with E-state index in [-0.39, 0.29) is 23.8 Å². The Morgan fingerprint density at radius 2 is 1.19 bits per heavy atom. The second-order valence-electron chi connectivity index (χ2n) is 13.3. The van der Waals surface area contributed by atoms with Crippen molar-refractivity contribution in [1.29, 1.82) is 0 Å². The largest absolute Gasteiger partial charge is 0.312 e. The van der Waals surface area contributed by atoms with Crippen LogP contribution < -0.4 is 16.4 Å². The van der Waals surface area contributed by atoms with Gasteiger partial charge in [-0.2, -0.15) is 0 Å². The zero-order chi connectivity index (χ0) is 32.1. The van der Waals surface area contributed by atoms with Gasteiger partial charge in [0.15, 0.2) is 0 Å². The van der Waals surface area contributed by atoms with Crippen molar-refractivity contribution in [3.63, 3.8) is 0 Å². The highest BCUT2D eigenvalue weighted by atomic mass is 15.2. The van der Waals surface area contributed by atoms with Gasteiger partial charge in [-0.25, -0.2) is 0 Å². The number of benzene rings is 6. The van der Waals surface area contributed by atoms with Gasteiger partial charge in [0.05, 0.1) is 23.4 Å². The van der Waals surface area contributed by atoms with Crippen molar-refractivity contribution in [3.8, 4) is 16.8 Å². The number of rotatable bonds is 8. The van der Waals surface area contributed by atoms with Gasteiger partial charge in [-0.3, -0.25) is 10.6 Å². The average Bonchev–Trinajstić information content (AvgIpc) is 3.56. The monoisotopic (exact) mass is 612 g/mol. The molecule has 232 valence electrons. The van der Waals surface area contributed by atoms with Crippen molar-refractivity contribution in [2.45, 2.75) is 44.6 Å². The van der Waals surface area contributed by atoms with Gasteiger partial charge in [0.25, 0.3) is 0 Å². The molecule has 0 aliphatic heterocycles. The maximum absolute atomic E-state index is 6.63. The molecule has 3 unspecified atom stereocenters. The van der Waals surface area contributed by atoms with Gasteiger partial charge in [-0.15, -0.1) is 0 Å². The molecule has 1 aliphatic carbocycles. The summed E-state index contributed by atoms with van der Waals surface area (Å²) in [7, 11) is 0. The van der Waals surface area contributed by atoms with Gasteiger partial charge >= 0.3 is 0 Å². The summed E-state index contributed by atoms with van der Waals surface area (Å²) in [5.74, 6) is 0. The first-order valence-electron chi connectivity index (χ1n) is 16.6. The summed E-state index contributed by atoms with van der Waals surface area (Å²) in [6, 6.07) is 52.2. The predicted octanol–water partition coefficient (Wildman–Crippen LogP) is 9.69. The molecule has 0 saturated carbocycles. The van der Waals surface area contributed by atoms with Crippen molar-refractivity contribution < 1.29 is 0 Å². The van der Waals surface area contributed by atoms with Crippen LogP contribution in [0.1, 0.15) is 67.0 Å². The lowest BCUT2D eigenvalue weighted by Gasteiger charge is -2.28. The Hall–Kier alpha value is -5.00. The van der Waals surface area contributed by atoms with Crippen LogP contribution in [0.2, 0.25) is 0 Å². The zero-order valence-corrected chi connectivity index (χ0v) is 27.1. The van der Waals surface area contributed by atoms with Crippen LogP contribution >= 0.6 is 0 Å². The summed E-state index contributed by atoms with van der Waals surface area (Å²) >= 11 is 0. The molecule has 8 rings (SSSR count). The fourth-order valence-corrected chi connectivity index (χ4v) is 7.52. The number of nitrogens with zero attached hydrogens (tertiary/aromatic N) is 1. The highest BCUT2D eigenvalue weighted by molar-refractivity contribution is 6.11. The van der Waals surface area contributed by atoms with Crippen LogP contribution in [0.3, 0.4) is 0 Å². The molecule has 3 atom stereocenters. The highest BCUT2D eigenvalue weighted by Gasteiger charge is 2.36. The summed E-state index contributed by atoms with van der Waals surface area (Å²) in [5.41, 5.74) is 19.1. The highest BCUT2D eigenvalue weighted by Crippen LogP contribution is 2.50. The Bertz CT molecular complexity index is 2200. The molecular weight excluding hydrogens is 573 g/mol. The van der Waals surface area contributed by atoms with E-state index in [9.17, 15) is 0 Å². The Morgan fingerprint density at radius 3 is 1.94 bits per heavy atom. The van der Waals surface area contributed by atoms with Crippen LogP contribution in [-0.4, -0.2) is 4.57 Å². The fourth-order valence-electron chi connectivity index (χ4n) is 7.52. The van der Waals surface area contributed by atoms with E-state index in [1.54, 1.807) is 0 Å². The number of nitrogens with two attached hydrogens (primary N) is 1. The number of hydrogen-bond donors (Lipinski definition) is 3. The van der Waals surface area contributed by atoms with E-state index in [0.717, 1.165) is 16.8 Å². The van der Waals surface area contributed by atoms with E-state index in [1.807, 2.05) is 24.3 Å². The van der Waals surface area contributed by atoms with Crippen molar-refractivity contribution in [3.05, 3.63) is 173 Å². The summed E-state index contributed by atoms with van der Waals surface area (Å²) in [6.07, 6.45) is -0.439. The lowest BCUT2D eigenvalue weighted by molar-refractivity contribution is 0.356. The summed E-state index contributed by atoms with van der Waals surface area (Å²) in [6.45, 7) is 6.91. The Morgan fingerprint density at radius 1 is 0.553 bits per heavy atom. The standard InChI is InChI=1S/C43H40N4/c1-28(45-42(31-16-8-5-9-17-31)46-41(44)30-14-6-4-7-15-30)29-22-24-32(25-23-29)47-39-21-13-11-19-34(39)36-26-35-33-18-10-12-20-37(33)43(2,3)38(35)27-40(36)47/h4-28,41-42,45-46H,44H2,1-3H3. The average molecular weight is 613 g/mol. The zero-order valence-electron chi connectivity index (χ0n) is 27.1. The third-order valence-corrected chi connectivity index (χ3v) is 10.1. The molecular formula is C43H40N4. The Balaban J connectivity index is 1.14. The SMILES string of the molecule is CC(NC(NC(N)c1ccccc1)c1ccccc1)c1ccc(-n2c3ccccc3c3cc4c(cc32)C(C)(C)c2ccccc2-4)cc1. The maximum atomic E-state index is 6.63. The first-order valence-corrected chi connectivity index (χ1v) is 16.6. The molecule has 7 aromatic rings. The van der Waals surface area contributed by atoms with Crippen molar-refractivity contribution in [2.75, 3.05) is 0 Å². The topological polar surface area (TPSA) is 55.0 Å². The van der Waals surface area contributed by atoms with E-state index in [0.29, 0.717) is 0 Å². The van der Waals surface area contributed by atoms with E-state index < -0.39 is 0 Å². The second kappa shape index (κ2) is 11.7. The number of hydrogen-bond acceptors (Lipinski definition) is 3. The van der Waals surface area contributed by atoms with Crippen LogP contribution in [0.4, 0.5) is 0 Å². The van der Waals surface area contributed by atoms with Crippen molar-refractivity contribution in [1.82, 2.24) is 15.2 Å². The van der Waals surface area contributed by atoms with Crippen molar-refractivity contribution in [2.24, 2.45) is 5.73 Å². The Labute approximate surface area is 276 Å². The van der Waals surface area contributed by atoms with E-state index in [1.165, 1.54) is 49.6 Å². The minimum absolute atomic E-state index is 0.0568. The van der Waals surface area contributed by atoms with Gasteiger partial charge in [0.2, 0.25) is 0 Å². The number of fused-ring (bicyclic) bond motifs is 6. The molecule has 0 radical (unpaired) electrons. The minimum Gasteiger partial charge on any atom is -0.312 e. The van der Waals surface area contributed by atoms with Gasteiger partial charge in [0.1, 0.15) is 0 Å². The molecule has 6 aromatic carbocycles.